The average Bonchev–Trinajstić information content (AvgIpc) is 2.95. The van der Waals surface area contributed by atoms with Gasteiger partial charge in [-0.25, -0.2) is 0 Å². The smallest absolute Gasteiger partial charge is 0.230 e. The number of nitrogens with one attached hydrogen (secondary N) is 1. The molecule has 0 aliphatic rings. The van der Waals surface area contributed by atoms with Crippen LogP contribution in [0.5, 0.6) is 0 Å². The van der Waals surface area contributed by atoms with Gasteiger partial charge in [0.25, 0.3) is 0 Å². The van der Waals surface area contributed by atoms with Crippen molar-refractivity contribution in [2.75, 3.05) is 5.75 Å². The fourth-order valence-electron chi connectivity index (χ4n) is 2.27. The van der Waals surface area contributed by atoms with Crippen LogP contribution in [0.3, 0.4) is 0 Å². The maximum absolute atomic E-state index is 12.1. The number of hydrogen-bond donors (Lipinski definition) is 1. The molecule has 1 N–H and O–H groups in total. The number of hydrogen-bond acceptors (Lipinski definition) is 4. The van der Waals surface area contributed by atoms with E-state index in [0.717, 1.165) is 23.1 Å². The summed E-state index contributed by atoms with van der Waals surface area (Å²) in [6.07, 6.45) is 0. The quantitative estimate of drug-likeness (QED) is 0.779. The lowest BCUT2D eigenvalue weighted by Gasteiger charge is -2.17. The zero-order valence-corrected chi connectivity index (χ0v) is 15.9. The third-order valence-corrected chi connectivity index (χ3v) is 5.00. The first-order chi connectivity index (χ1) is 11.4. The molecule has 1 aromatic heterocycles. The second-order valence-electron chi connectivity index (χ2n) is 6.31. The highest BCUT2D eigenvalue weighted by molar-refractivity contribution is 7.99. The second kappa shape index (κ2) is 8.33. The van der Waals surface area contributed by atoms with Gasteiger partial charge in [0, 0.05) is 18.2 Å². The van der Waals surface area contributed by atoms with E-state index in [9.17, 15) is 4.79 Å². The van der Waals surface area contributed by atoms with Crippen LogP contribution in [-0.2, 0) is 11.3 Å². The summed E-state index contributed by atoms with van der Waals surface area (Å²) in [5.41, 5.74) is 2.24. The van der Waals surface area contributed by atoms with Crippen LogP contribution in [0.15, 0.2) is 29.4 Å². The van der Waals surface area contributed by atoms with Crippen molar-refractivity contribution in [3.63, 3.8) is 0 Å². The molecule has 0 radical (unpaired) electrons. The Bertz CT molecular complexity index is 696. The highest BCUT2D eigenvalue weighted by Gasteiger charge is 2.16. The Kier molecular flexibility index (Phi) is 6.43. The van der Waals surface area contributed by atoms with Gasteiger partial charge in [-0.2, -0.15) is 0 Å². The molecule has 0 spiro atoms. The molecule has 1 aromatic carbocycles. The largest absolute Gasteiger partial charge is 0.353 e. The molecule has 2 aromatic rings. The van der Waals surface area contributed by atoms with Gasteiger partial charge in [0.1, 0.15) is 0 Å². The summed E-state index contributed by atoms with van der Waals surface area (Å²) < 4.78 is 2.05. The molecule has 0 aliphatic heterocycles. The zero-order valence-electron chi connectivity index (χ0n) is 15.0. The van der Waals surface area contributed by atoms with Crippen molar-refractivity contribution < 1.29 is 4.79 Å². The van der Waals surface area contributed by atoms with E-state index in [1.165, 1.54) is 17.3 Å². The van der Waals surface area contributed by atoms with Crippen molar-refractivity contribution in [1.82, 2.24) is 20.1 Å². The van der Waals surface area contributed by atoms with Crippen molar-refractivity contribution in [3.05, 3.63) is 29.8 Å². The van der Waals surface area contributed by atoms with Crippen LogP contribution in [-0.4, -0.2) is 32.5 Å². The maximum Gasteiger partial charge on any atom is 0.230 e. The Labute approximate surface area is 148 Å². The number of benzene rings is 1. The summed E-state index contributed by atoms with van der Waals surface area (Å²) in [7, 11) is 0. The molecule has 1 unspecified atom stereocenters. The van der Waals surface area contributed by atoms with E-state index in [4.69, 9.17) is 0 Å². The molecule has 0 fully saturated rings. The van der Waals surface area contributed by atoms with Crippen LogP contribution in [0.1, 0.15) is 33.3 Å². The summed E-state index contributed by atoms with van der Waals surface area (Å²) in [5.74, 6) is 1.65. The lowest BCUT2D eigenvalue weighted by molar-refractivity contribution is -0.119. The second-order valence-corrected chi connectivity index (χ2v) is 7.25. The van der Waals surface area contributed by atoms with E-state index in [1.807, 2.05) is 19.1 Å². The molecule has 0 aliphatic carbocycles. The fraction of sp³-hybridized carbons (Fsp3) is 0.500. The number of thioether (sulfide) groups is 1. The van der Waals surface area contributed by atoms with Gasteiger partial charge in [-0.1, -0.05) is 49.4 Å². The molecule has 6 heteroatoms. The lowest BCUT2D eigenvalue weighted by Crippen LogP contribution is -2.37. The molecule has 130 valence electrons. The minimum absolute atomic E-state index is 0.0314. The van der Waals surface area contributed by atoms with E-state index in [-0.39, 0.29) is 11.9 Å². The number of amides is 1. The topological polar surface area (TPSA) is 59.8 Å². The van der Waals surface area contributed by atoms with E-state index >= 15 is 0 Å². The van der Waals surface area contributed by atoms with Gasteiger partial charge in [-0.05, 0) is 32.8 Å². The number of aryl methyl sites for hydroxylation is 1. The van der Waals surface area contributed by atoms with Gasteiger partial charge in [-0.3, -0.25) is 4.79 Å². The molecule has 2 rings (SSSR count). The van der Waals surface area contributed by atoms with Gasteiger partial charge < -0.3 is 9.88 Å². The Balaban J connectivity index is 2.08. The van der Waals surface area contributed by atoms with Crippen LogP contribution in [0, 0.1) is 12.8 Å². The first-order valence-corrected chi connectivity index (χ1v) is 9.33. The van der Waals surface area contributed by atoms with Gasteiger partial charge in [-0.15, -0.1) is 10.2 Å². The minimum Gasteiger partial charge on any atom is -0.353 e. The number of aromatic nitrogens is 3. The molecule has 0 saturated carbocycles. The fourth-order valence-corrected chi connectivity index (χ4v) is 3.08. The van der Waals surface area contributed by atoms with Crippen LogP contribution in [0.2, 0.25) is 0 Å². The Hall–Kier alpha value is -1.82. The minimum atomic E-state index is 0.0314. The number of rotatable bonds is 7. The van der Waals surface area contributed by atoms with E-state index in [0.29, 0.717) is 11.7 Å². The standard InChI is InChI=1S/C18H26N4OS/c1-6-22-17(15-9-7-8-13(4)10-15)20-21-18(22)24-11-16(23)19-14(5)12(2)3/h7-10,12,14H,6,11H2,1-5H3,(H,19,23). The number of nitrogens with zero attached hydrogens (tertiary/aromatic N) is 3. The summed E-state index contributed by atoms with van der Waals surface area (Å²) >= 11 is 1.43. The third-order valence-electron chi connectivity index (χ3n) is 4.03. The van der Waals surface area contributed by atoms with E-state index < -0.39 is 0 Å². The van der Waals surface area contributed by atoms with Gasteiger partial charge in [0.05, 0.1) is 5.75 Å². The Morgan fingerprint density at radius 2 is 2.04 bits per heavy atom. The summed E-state index contributed by atoms with van der Waals surface area (Å²) in [4.78, 5) is 12.1. The highest BCUT2D eigenvalue weighted by Crippen LogP contribution is 2.24. The number of carbonyl (C=O) groups excluding carboxylic acids is 1. The zero-order chi connectivity index (χ0) is 17.7. The molecular weight excluding hydrogens is 320 g/mol. The first kappa shape index (κ1) is 18.5. The molecular formula is C18H26N4OS. The molecule has 1 atom stereocenters. The van der Waals surface area contributed by atoms with Crippen molar-refractivity contribution >= 4 is 17.7 Å². The van der Waals surface area contributed by atoms with Crippen molar-refractivity contribution in [2.24, 2.45) is 5.92 Å². The lowest BCUT2D eigenvalue weighted by atomic mass is 10.1. The van der Waals surface area contributed by atoms with Crippen LogP contribution in [0.4, 0.5) is 0 Å². The Morgan fingerprint density at radius 3 is 2.67 bits per heavy atom. The summed E-state index contributed by atoms with van der Waals surface area (Å²) in [5, 5.41) is 12.4. The maximum atomic E-state index is 12.1. The molecule has 24 heavy (non-hydrogen) atoms. The number of carbonyl (C=O) groups is 1. The predicted molar refractivity (Wildman–Crippen MR) is 99.0 cm³/mol. The molecule has 0 saturated heterocycles. The van der Waals surface area contributed by atoms with Crippen molar-refractivity contribution in [3.8, 4) is 11.4 Å². The molecule has 5 nitrogen and oxygen atoms in total. The Morgan fingerprint density at radius 1 is 1.29 bits per heavy atom. The monoisotopic (exact) mass is 346 g/mol. The van der Waals surface area contributed by atoms with Crippen LogP contribution in [0.25, 0.3) is 11.4 Å². The van der Waals surface area contributed by atoms with Gasteiger partial charge >= 0.3 is 0 Å². The van der Waals surface area contributed by atoms with Gasteiger partial charge in [0.2, 0.25) is 5.91 Å². The predicted octanol–water partition coefficient (Wildman–Crippen LogP) is 3.53. The van der Waals surface area contributed by atoms with Crippen LogP contribution < -0.4 is 5.32 Å². The van der Waals surface area contributed by atoms with Gasteiger partial charge in [0.15, 0.2) is 11.0 Å². The van der Waals surface area contributed by atoms with Crippen LogP contribution >= 0.6 is 11.8 Å². The molecule has 0 bridgehead atoms. The summed E-state index contributed by atoms with van der Waals surface area (Å²) in [6.45, 7) is 11.1. The third kappa shape index (κ3) is 4.60. The van der Waals surface area contributed by atoms with Crippen molar-refractivity contribution in [2.45, 2.75) is 52.4 Å². The average molecular weight is 347 g/mol. The molecule has 1 heterocycles. The van der Waals surface area contributed by atoms with E-state index in [1.54, 1.807) is 0 Å². The first-order valence-electron chi connectivity index (χ1n) is 8.34. The molecule has 1 amide bonds. The van der Waals surface area contributed by atoms with E-state index in [2.05, 4.69) is 59.9 Å². The SMILES string of the molecule is CCn1c(SCC(=O)NC(C)C(C)C)nnc1-c1cccc(C)c1. The summed E-state index contributed by atoms with van der Waals surface area (Å²) in [6, 6.07) is 8.39. The van der Waals surface area contributed by atoms with Crippen molar-refractivity contribution in [1.29, 1.82) is 0 Å². The normalized spacial score (nSPS) is 12.4. The highest BCUT2D eigenvalue weighted by atomic mass is 32.2.